The molecule has 0 atom stereocenters. The van der Waals surface area contributed by atoms with Crippen molar-refractivity contribution in [2.45, 2.75) is 33.6 Å². The average molecular weight is 348 g/mol. The van der Waals surface area contributed by atoms with Crippen molar-refractivity contribution >= 4 is 12.0 Å². The summed E-state index contributed by atoms with van der Waals surface area (Å²) in [5.41, 5.74) is 3.20. The summed E-state index contributed by atoms with van der Waals surface area (Å²) in [7, 11) is 1.63. The van der Waals surface area contributed by atoms with Crippen molar-refractivity contribution in [3.8, 4) is 5.75 Å². The van der Waals surface area contributed by atoms with Crippen LogP contribution in [0.1, 0.15) is 30.0 Å². The topological polar surface area (TPSA) is 59.1 Å². The summed E-state index contributed by atoms with van der Waals surface area (Å²) in [4.78, 5) is 28.1. The van der Waals surface area contributed by atoms with E-state index in [-0.39, 0.29) is 12.0 Å². The average Bonchev–Trinajstić information content (AvgIpc) is 2.84. The molecule has 138 valence electrons. The first-order valence-corrected chi connectivity index (χ1v) is 8.79. The lowest BCUT2D eigenvalue weighted by Gasteiger charge is -2.22. The second-order valence-electron chi connectivity index (χ2n) is 6.35. The van der Waals surface area contributed by atoms with Crippen LogP contribution in [0, 0.1) is 13.8 Å². The molecule has 0 N–H and O–H groups in total. The van der Waals surface area contributed by atoms with Crippen molar-refractivity contribution in [1.29, 1.82) is 0 Å². The van der Waals surface area contributed by atoms with E-state index in [1.54, 1.807) is 18.9 Å². The zero-order valence-corrected chi connectivity index (χ0v) is 15.6. The molecule has 2 amide bonds. The molecule has 0 spiro atoms. The highest BCUT2D eigenvalue weighted by molar-refractivity contribution is 5.80. The number of carbonyl (C=O) groups is 2. The number of nitrogens with zero attached hydrogens (tertiary/aromatic N) is 2. The zero-order valence-electron chi connectivity index (χ0n) is 15.6. The Kier molecular flexibility index (Phi) is 6.67. The monoisotopic (exact) mass is 348 g/mol. The van der Waals surface area contributed by atoms with Gasteiger partial charge in [0.25, 0.3) is 0 Å². The summed E-state index contributed by atoms with van der Waals surface area (Å²) >= 11 is 0. The van der Waals surface area contributed by atoms with Crippen molar-refractivity contribution in [3.05, 3.63) is 28.8 Å². The zero-order chi connectivity index (χ0) is 18.4. The molecule has 0 aliphatic carbocycles. The summed E-state index contributed by atoms with van der Waals surface area (Å²) in [6, 6.07) is 4.00. The lowest BCUT2D eigenvalue weighted by molar-refractivity contribution is -0.130. The third-order valence-electron chi connectivity index (χ3n) is 4.61. The SMILES string of the molecule is CCOC(=O)N1CCCN(C(=O)Cc2cc(C)c(C)cc2OC)CC1. The summed E-state index contributed by atoms with van der Waals surface area (Å²) in [5, 5.41) is 0. The van der Waals surface area contributed by atoms with Crippen LogP contribution in [0.3, 0.4) is 0 Å². The molecule has 2 rings (SSSR count). The van der Waals surface area contributed by atoms with Gasteiger partial charge in [0, 0.05) is 31.7 Å². The van der Waals surface area contributed by atoms with Crippen LogP contribution < -0.4 is 4.74 Å². The second kappa shape index (κ2) is 8.74. The Balaban J connectivity index is 2.02. The molecule has 6 heteroatoms. The molecule has 0 unspecified atom stereocenters. The van der Waals surface area contributed by atoms with Crippen LogP contribution in [0.5, 0.6) is 5.75 Å². The van der Waals surface area contributed by atoms with Crippen LogP contribution in [0.4, 0.5) is 4.79 Å². The molecule has 0 saturated carbocycles. The number of rotatable bonds is 4. The van der Waals surface area contributed by atoms with Gasteiger partial charge in [-0.1, -0.05) is 6.07 Å². The minimum atomic E-state index is -0.298. The first-order chi connectivity index (χ1) is 12.0. The van der Waals surface area contributed by atoms with Gasteiger partial charge in [0.15, 0.2) is 0 Å². The Hall–Kier alpha value is -2.24. The molecule has 0 aromatic heterocycles. The van der Waals surface area contributed by atoms with Gasteiger partial charge in [0.1, 0.15) is 5.75 Å². The molecule has 1 aromatic rings. The third kappa shape index (κ3) is 4.87. The van der Waals surface area contributed by atoms with Crippen LogP contribution in [0.2, 0.25) is 0 Å². The van der Waals surface area contributed by atoms with Gasteiger partial charge in [-0.05, 0) is 44.4 Å². The predicted molar refractivity (Wildman–Crippen MR) is 96.0 cm³/mol. The molecule has 6 nitrogen and oxygen atoms in total. The van der Waals surface area contributed by atoms with Crippen LogP contribution in [-0.4, -0.2) is 61.7 Å². The van der Waals surface area contributed by atoms with E-state index in [0.717, 1.165) is 28.9 Å². The molecule has 1 fully saturated rings. The Morgan fingerprint density at radius 2 is 1.68 bits per heavy atom. The van der Waals surface area contributed by atoms with Gasteiger partial charge < -0.3 is 19.3 Å². The number of hydrogen-bond acceptors (Lipinski definition) is 4. The number of carbonyl (C=O) groups excluding carboxylic acids is 2. The van der Waals surface area contributed by atoms with Gasteiger partial charge in [-0.25, -0.2) is 4.79 Å². The van der Waals surface area contributed by atoms with E-state index in [4.69, 9.17) is 9.47 Å². The van der Waals surface area contributed by atoms with Gasteiger partial charge in [-0.3, -0.25) is 4.79 Å². The molecule has 1 aliphatic heterocycles. The Bertz CT molecular complexity index is 630. The van der Waals surface area contributed by atoms with Crippen LogP contribution in [0.15, 0.2) is 12.1 Å². The minimum absolute atomic E-state index is 0.0623. The number of methoxy groups -OCH3 is 1. The summed E-state index contributed by atoms with van der Waals surface area (Å²) in [6.45, 7) is 8.54. The molecule has 0 bridgehead atoms. The largest absolute Gasteiger partial charge is 0.496 e. The lowest BCUT2D eigenvalue weighted by Crippen LogP contribution is -2.38. The predicted octanol–water partition coefficient (Wildman–Crippen LogP) is 2.55. The van der Waals surface area contributed by atoms with E-state index in [1.807, 2.05) is 30.9 Å². The summed E-state index contributed by atoms with van der Waals surface area (Å²) in [6.07, 6.45) is 0.769. The van der Waals surface area contributed by atoms with Crippen molar-refractivity contribution in [3.63, 3.8) is 0 Å². The maximum Gasteiger partial charge on any atom is 0.409 e. The summed E-state index contributed by atoms with van der Waals surface area (Å²) in [5.74, 6) is 0.812. The Labute approximate surface area is 149 Å². The lowest BCUT2D eigenvalue weighted by atomic mass is 10.0. The summed E-state index contributed by atoms with van der Waals surface area (Å²) < 4.78 is 10.5. The first-order valence-electron chi connectivity index (χ1n) is 8.79. The van der Waals surface area contributed by atoms with Crippen molar-refractivity contribution in [2.24, 2.45) is 0 Å². The van der Waals surface area contributed by atoms with E-state index in [1.165, 1.54) is 0 Å². The molecule has 1 aliphatic rings. The van der Waals surface area contributed by atoms with Gasteiger partial charge in [-0.2, -0.15) is 0 Å². The molecule has 1 aromatic carbocycles. The molecule has 1 heterocycles. The van der Waals surface area contributed by atoms with E-state index in [2.05, 4.69) is 0 Å². The number of aryl methyl sites for hydroxylation is 2. The van der Waals surface area contributed by atoms with Gasteiger partial charge in [0.2, 0.25) is 5.91 Å². The van der Waals surface area contributed by atoms with E-state index >= 15 is 0 Å². The standard InChI is InChI=1S/C19H28N2O4/c1-5-25-19(23)21-8-6-7-20(9-10-21)18(22)13-16-11-14(2)15(3)12-17(16)24-4/h11-12H,5-10,13H2,1-4H3. The highest BCUT2D eigenvalue weighted by Crippen LogP contribution is 2.24. The fraction of sp³-hybridized carbons (Fsp3) is 0.579. The Morgan fingerprint density at radius 3 is 2.36 bits per heavy atom. The fourth-order valence-electron chi connectivity index (χ4n) is 3.02. The first kappa shape index (κ1) is 19.1. The smallest absolute Gasteiger partial charge is 0.409 e. The maximum absolute atomic E-state index is 12.7. The van der Waals surface area contributed by atoms with E-state index in [9.17, 15) is 9.59 Å². The normalized spacial score (nSPS) is 14.9. The van der Waals surface area contributed by atoms with E-state index in [0.29, 0.717) is 39.2 Å². The van der Waals surface area contributed by atoms with Crippen molar-refractivity contribution < 1.29 is 19.1 Å². The minimum Gasteiger partial charge on any atom is -0.496 e. The molecule has 1 saturated heterocycles. The molecule has 25 heavy (non-hydrogen) atoms. The number of hydrogen-bond donors (Lipinski definition) is 0. The highest BCUT2D eigenvalue weighted by Gasteiger charge is 2.23. The fourth-order valence-corrected chi connectivity index (χ4v) is 3.02. The van der Waals surface area contributed by atoms with Gasteiger partial charge >= 0.3 is 6.09 Å². The third-order valence-corrected chi connectivity index (χ3v) is 4.61. The second-order valence-corrected chi connectivity index (χ2v) is 6.35. The Morgan fingerprint density at radius 1 is 1.04 bits per heavy atom. The van der Waals surface area contributed by atoms with Crippen LogP contribution in [0.25, 0.3) is 0 Å². The maximum atomic E-state index is 12.7. The van der Waals surface area contributed by atoms with Crippen molar-refractivity contribution in [1.82, 2.24) is 9.80 Å². The quantitative estimate of drug-likeness (QED) is 0.839. The molecule has 0 radical (unpaired) electrons. The van der Waals surface area contributed by atoms with Crippen LogP contribution >= 0.6 is 0 Å². The van der Waals surface area contributed by atoms with Crippen molar-refractivity contribution in [2.75, 3.05) is 39.9 Å². The molecular formula is C19H28N2O4. The molecular weight excluding hydrogens is 320 g/mol. The van der Waals surface area contributed by atoms with E-state index < -0.39 is 0 Å². The number of ether oxygens (including phenoxy) is 2. The number of amides is 2. The van der Waals surface area contributed by atoms with Gasteiger partial charge in [-0.15, -0.1) is 0 Å². The highest BCUT2D eigenvalue weighted by atomic mass is 16.6. The number of benzene rings is 1. The van der Waals surface area contributed by atoms with Crippen LogP contribution in [-0.2, 0) is 16.0 Å². The van der Waals surface area contributed by atoms with Gasteiger partial charge in [0.05, 0.1) is 20.1 Å².